The van der Waals surface area contributed by atoms with Crippen LogP contribution in [0.4, 0.5) is 0 Å². The van der Waals surface area contributed by atoms with E-state index in [0.29, 0.717) is 5.41 Å². The van der Waals surface area contributed by atoms with Gasteiger partial charge in [0.2, 0.25) is 0 Å². The zero-order chi connectivity index (χ0) is 9.60. The van der Waals surface area contributed by atoms with E-state index >= 15 is 0 Å². The van der Waals surface area contributed by atoms with Gasteiger partial charge in [-0.25, -0.2) is 0 Å². The van der Waals surface area contributed by atoms with Gasteiger partial charge in [0.1, 0.15) is 11.5 Å². The molecular weight excluding hydrogens is 174 g/mol. The third kappa shape index (κ3) is 1.13. The van der Waals surface area contributed by atoms with Gasteiger partial charge in [-0.2, -0.15) is 0 Å². The van der Waals surface area contributed by atoms with E-state index in [1.54, 1.807) is 0 Å². The van der Waals surface area contributed by atoms with Crippen LogP contribution in [0.1, 0.15) is 30.8 Å². The molecule has 2 fully saturated rings. The maximum Gasteiger partial charge on any atom is 0.110 e. The van der Waals surface area contributed by atoms with Crippen LogP contribution in [0.2, 0.25) is 0 Å². The Morgan fingerprint density at radius 1 is 1.43 bits per heavy atom. The first kappa shape index (κ1) is 8.54. The zero-order valence-electron chi connectivity index (χ0n) is 8.68. The second-order valence-corrected chi connectivity index (χ2v) is 4.76. The van der Waals surface area contributed by atoms with Crippen LogP contribution < -0.4 is 5.32 Å². The van der Waals surface area contributed by atoms with E-state index in [-0.39, 0.29) is 0 Å². The standard InChI is InChI=1S/C12H17NO/c1-9-2-3-11(14-9)12(5-6-12)10-4-7-13-8-10/h2-3,10,13H,4-8H2,1H3. The van der Waals surface area contributed by atoms with Gasteiger partial charge in [-0.05, 0) is 57.3 Å². The minimum Gasteiger partial charge on any atom is -0.466 e. The third-order valence-corrected chi connectivity index (χ3v) is 3.86. The fraction of sp³-hybridized carbons (Fsp3) is 0.667. The Morgan fingerprint density at radius 3 is 2.79 bits per heavy atom. The van der Waals surface area contributed by atoms with Crippen molar-refractivity contribution < 1.29 is 4.42 Å². The highest BCUT2D eigenvalue weighted by atomic mass is 16.3. The van der Waals surface area contributed by atoms with E-state index in [4.69, 9.17) is 4.42 Å². The monoisotopic (exact) mass is 191 g/mol. The van der Waals surface area contributed by atoms with Crippen molar-refractivity contribution in [1.29, 1.82) is 0 Å². The molecule has 2 nitrogen and oxygen atoms in total. The summed E-state index contributed by atoms with van der Waals surface area (Å²) >= 11 is 0. The predicted octanol–water partition coefficient (Wildman–Crippen LogP) is 2.23. The Bertz CT molecular complexity index is 332. The molecule has 0 radical (unpaired) electrons. The van der Waals surface area contributed by atoms with Crippen LogP contribution in [0, 0.1) is 12.8 Å². The predicted molar refractivity (Wildman–Crippen MR) is 55.3 cm³/mol. The Hall–Kier alpha value is -0.760. The number of aryl methyl sites for hydroxylation is 1. The average Bonchev–Trinajstić information content (AvgIpc) is 2.68. The van der Waals surface area contributed by atoms with Crippen molar-refractivity contribution in [3.05, 3.63) is 23.7 Å². The van der Waals surface area contributed by atoms with Gasteiger partial charge in [0.05, 0.1) is 0 Å². The van der Waals surface area contributed by atoms with Gasteiger partial charge in [-0.3, -0.25) is 0 Å². The normalized spacial score (nSPS) is 29.4. The Kier molecular flexibility index (Phi) is 1.75. The number of nitrogens with one attached hydrogen (secondary N) is 1. The summed E-state index contributed by atoms with van der Waals surface area (Å²) in [4.78, 5) is 0. The van der Waals surface area contributed by atoms with E-state index < -0.39 is 0 Å². The number of furan rings is 1. The van der Waals surface area contributed by atoms with E-state index in [2.05, 4.69) is 17.4 Å². The van der Waals surface area contributed by atoms with E-state index in [1.807, 2.05) is 6.92 Å². The maximum atomic E-state index is 5.80. The number of hydrogen-bond acceptors (Lipinski definition) is 2. The van der Waals surface area contributed by atoms with Crippen molar-refractivity contribution in [2.75, 3.05) is 13.1 Å². The Labute approximate surface area is 84.7 Å². The fourth-order valence-corrected chi connectivity index (χ4v) is 2.82. The third-order valence-electron chi connectivity index (χ3n) is 3.86. The zero-order valence-corrected chi connectivity index (χ0v) is 8.68. The molecule has 1 aliphatic carbocycles. The van der Waals surface area contributed by atoms with Crippen molar-refractivity contribution in [2.24, 2.45) is 5.92 Å². The van der Waals surface area contributed by atoms with Crippen molar-refractivity contribution >= 4 is 0 Å². The molecule has 1 aliphatic heterocycles. The maximum absolute atomic E-state index is 5.80. The molecular formula is C12H17NO. The molecule has 1 atom stereocenters. The lowest BCUT2D eigenvalue weighted by atomic mass is 9.86. The molecule has 14 heavy (non-hydrogen) atoms. The molecule has 1 saturated heterocycles. The van der Waals surface area contributed by atoms with Crippen molar-refractivity contribution in [2.45, 2.75) is 31.6 Å². The van der Waals surface area contributed by atoms with Crippen LogP contribution in [0.15, 0.2) is 16.5 Å². The molecule has 2 aliphatic rings. The summed E-state index contributed by atoms with van der Waals surface area (Å²) in [6.45, 7) is 4.40. The van der Waals surface area contributed by atoms with E-state index in [0.717, 1.165) is 11.7 Å². The largest absolute Gasteiger partial charge is 0.466 e. The van der Waals surface area contributed by atoms with Crippen LogP contribution in [0.5, 0.6) is 0 Å². The first-order valence-corrected chi connectivity index (χ1v) is 5.59. The highest BCUT2D eigenvalue weighted by Gasteiger charge is 2.53. The minimum atomic E-state index is 0.414. The highest BCUT2D eigenvalue weighted by Crippen LogP contribution is 2.55. The van der Waals surface area contributed by atoms with Gasteiger partial charge < -0.3 is 9.73 Å². The van der Waals surface area contributed by atoms with Gasteiger partial charge in [0.25, 0.3) is 0 Å². The van der Waals surface area contributed by atoms with Gasteiger partial charge in [-0.15, -0.1) is 0 Å². The van der Waals surface area contributed by atoms with Crippen LogP contribution in [-0.4, -0.2) is 13.1 Å². The SMILES string of the molecule is Cc1ccc(C2(C3CCNC3)CC2)o1. The van der Waals surface area contributed by atoms with Crippen LogP contribution >= 0.6 is 0 Å². The summed E-state index contributed by atoms with van der Waals surface area (Å²) in [6.07, 6.45) is 3.97. The quantitative estimate of drug-likeness (QED) is 0.775. The van der Waals surface area contributed by atoms with Crippen molar-refractivity contribution in [3.8, 4) is 0 Å². The van der Waals surface area contributed by atoms with Gasteiger partial charge in [-0.1, -0.05) is 0 Å². The molecule has 0 aromatic carbocycles. The highest BCUT2D eigenvalue weighted by molar-refractivity contribution is 5.26. The molecule has 3 rings (SSSR count). The second-order valence-electron chi connectivity index (χ2n) is 4.76. The molecule has 76 valence electrons. The summed E-state index contributed by atoms with van der Waals surface area (Å²) < 4.78 is 5.80. The van der Waals surface area contributed by atoms with Gasteiger partial charge in [0.15, 0.2) is 0 Å². The first-order chi connectivity index (χ1) is 6.81. The Balaban J connectivity index is 1.89. The number of rotatable bonds is 2. The average molecular weight is 191 g/mol. The fourth-order valence-electron chi connectivity index (χ4n) is 2.82. The topological polar surface area (TPSA) is 25.2 Å². The Morgan fingerprint density at radius 2 is 2.29 bits per heavy atom. The molecule has 2 heteroatoms. The molecule has 2 heterocycles. The smallest absolute Gasteiger partial charge is 0.110 e. The van der Waals surface area contributed by atoms with Crippen molar-refractivity contribution in [1.82, 2.24) is 5.32 Å². The lowest BCUT2D eigenvalue weighted by Gasteiger charge is -2.19. The van der Waals surface area contributed by atoms with E-state index in [1.165, 1.54) is 38.1 Å². The second kappa shape index (κ2) is 2.86. The van der Waals surface area contributed by atoms with E-state index in [9.17, 15) is 0 Å². The van der Waals surface area contributed by atoms with Crippen LogP contribution in [0.3, 0.4) is 0 Å². The van der Waals surface area contributed by atoms with Crippen LogP contribution in [-0.2, 0) is 5.41 Å². The summed E-state index contributed by atoms with van der Waals surface area (Å²) in [7, 11) is 0. The van der Waals surface area contributed by atoms with Gasteiger partial charge in [0, 0.05) is 5.41 Å². The number of hydrogen-bond donors (Lipinski definition) is 1. The lowest BCUT2D eigenvalue weighted by molar-refractivity contribution is 0.350. The molecule has 0 amide bonds. The summed E-state index contributed by atoms with van der Waals surface area (Å²) in [5.41, 5.74) is 0.414. The molecule has 1 aromatic heterocycles. The molecule has 1 unspecified atom stereocenters. The van der Waals surface area contributed by atoms with Crippen LogP contribution in [0.25, 0.3) is 0 Å². The molecule has 0 bridgehead atoms. The molecule has 1 N–H and O–H groups in total. The molecule has 1 aromatic rings. The summed E-state index contributed by atoms with van der Waals surface area (Å²) in [5, 5.41) is 3.45. The minimum absolute atomic E-state index is 0.414. The summed E-state index contributed by atoms with van der Waals surface area (Å²) in [6, 6.07) is 4.28. The summed E-state index contributed by atoms with van der Waals surface area (Å²) in [5.74, 6) is 3.11. The van der Waals surface area contributed by atoms with Gasteiger partial charge >= 0.3 is 0 Å². The molecule has 0 spiro atoms. The first-order valence-electron chi connectivity index (χ1n) is 5.59. The lowest BCUT2D eigenvalue weighted by Crippen LogP contribution is -2.22. The molecule has 1 saturated carbocycles. The van der Waals surface area contributed by atoms with Crippen molar-refractivity contribution in [3.63, 3.8) is 0 Å².